The number of esters is 1. The molecule has 1 aliphatic heterocycles. The lowest BCUT2D eigenvalue weighted by Gasteiger charge is -2.34. The molecule has 3 heterocycles. The molecule has 9 nitrogen and oxygen atoms in total. The molecule has 4 rings (SSSR count). The van der Waals surface area contributed by atoms with E-state index in [0.717, 1.165) is 27.3 Å². The van der Waals surface area contributed by atoms with Crippen molar-refractivity contribution >= 4 is 16.0 Å². The van der Waals surface area contributed by atoms with E-state index >= 15 is 0 Å². The summed E-state index contributed by atoms with van der Waals surface area (Å²) in [6.45, 7) is 3.51. The Morgan fingerprint density at radius 3 is 2.55 bits per heavy atom. The number of hydrogen-bond acceptors (Lipinski definition) is 8. The Bertz CT molecular complexity index is 1340. The molecule has 1 aromatic carbocycles. The van der Waals surface area contributed by atoms with Crippen molar-refractivity contribution in [3.8, 4) is 34.4 Å². The second-order valence-electron chi connectivity index (χ2n) is 10.5. The van der Waals surface area contributed by atoms with Gasteiger partial charge in [-0.05, 0) is 50.1 Å². The predicted octanol–water partition coefficient (Wildman–Crippen LogP) is 5.33. The SMILES string of the molecule is COC(=O)C(C)(C)COc1ccc(-c2ccc3c(c2)S(C)(C)CCOCn2nc-3nc2OCCC(F)(F)F)cn1. The number of ether oxygens (including phenoxy) is 4. The van der Waals surface area contributed by atoms with Gasteiger partial charge in [0, 0.05) is 34.0 Å². The zero-order chi connectivity index (χ0) is 29.1. The molecule has 0 spiro atoms. The van der Waals surface area contributed by atoms with Crippen LogP contribution in [0.15, 0.2) is 41.4 Å². The van der Waals surface area contributed by atoms with E-state index in [-0.39, 0.29) is 25.3 Å². The number of hydrogen-bond donors (Lipinski definition) is 0. The van der Waals surface area contributed by atoms with Crippen LogP contribution in [0.2, 0.25) is 0 Å². The summed E-state index contributed by atoms with van der Waals surface area (Å²) in [7, 11) is -0.0270. The van der Waals surface area contributed by atoms with Crippen LogP contribution >= 0.6 is 10.0 Å². The third-order valence-electron chi connectivity index (χ3n) is 6.41. The van der Waals surface area contributed by atoms with Crippen LogP contribution in [0.25, 0.3) is 22.5 Å². The van der Waals surface area contributed by atoms with Gasteiger partial charge in [0.05, 0.1) is 25.6 Å². The maximum atomic E-state index is 12.6. The highest BCUT2D eigenvalue weighted by Gasteiger charge is 2.30. The van der Waals surface area contributed by atoms with Crippen LogP contribution in [0.5, 0.6) is 11.9 Å². The van der Waals surface area contributed by atoms with Crippen molar-refractivity contribution in [2.24, 2.45) is 5.41 Å². The number of fused-ring (bicyclic) bond motifs is 4. The first-order valence-electron chi connectivity index (χ1n) is 12.5. The zero-order valence-corrected chi connectivity index (χ0v) is 23.9. The molecule has 218 valence electrons. The molecule has 13 heteroatoms. The molecule has 2 bridgehead atoms. The Labute approximate surface area is 232 Å². The lowest BCUT2D eigenvalue weighted by atomic mass is 9.95. The number of rotatable bonds is 8. The van der Waals surface area contributed by atoms with Gasteiger partial charge in [-0.25, -0.2) is 15.0 Å². The van der Waals surface area contributed by atoms with Crippen LogP contribution in [0, 0.1) is 5.41 Å². The number of halogens is 3. The summed E-state index contributed by atoms with van der Waals surface area (Å²) >= 11 is 0. The standard InChI is InChI=1S/C27H33F3N4O5S/c1-26(2,24(35)36-3)16-39-22-9-7-19(15-31-22)18-6-8-20-21(14-18)40(4,5)13-12-37-17-34-25(32-23(20)33-34)38-11-10-27(28,29)30/h6-9,14-15H,10-13,16-17H2,1-5H3. The van der Waals surface area contributed by atoms with E-state index < -0.39 is 34.6 Å². The third-order valence-corrected chi connectivity index (χ3v) is 9.13. The lowest BCUT2D eigenvalue weighted by molar-refractivity contribution is -0.152. The molecule has 0 unspecified atom stereocenters. The van der Waals surface area contributed by atoms with Gasteiger partial charge >= 0.3 is 18.2 Å². The van der Waals surface area contributed by atoms with Crippen molar-refractivity contribution in [2.45, 2.75) is 38.1 Å². The summed E-state index contributed by atoms with van der Waals surface area (Å²) in [5.41, 5.74) is 1.76. The van der Waals surface area contributed by atoms with Crippen LogP contribution in [0.4, 0.5) is 13.2 Å². The smallest absolute Gasteiger partial charge is 0.392 e. The van der Waals surface area contributed by atoms with E-state index in [1.807, 2.05) is 18.2 Å². The van der Waals surface area contributed by atoms with Crippen molar-refractivity contribution in [3.05, 3.63) is 36.5 Å². The molecule has 0 fully saturated rings. The van der Waals surface area contributed by atoms with Crippen molar-refractivity contribution in [3.63, 3.8) is 0 Å². The molecule has 0 saturated heterocycles. The third kappa shape index (κ3) is 7.05. The van der Waals surface area contributed by atoms with E-state index in [2.05, 4.69) is 33.6 Å². The van der Waals surface area contributed by atoms with Gasteiger partial charge in [-0.3, -0.25) is 4.79 Å². The van der Waals surface area contributed by atoms with Gasteiger partial charge in [-0.2, -0.15) is 22.8 Å². The minimum Gasteiger partial charge on any atom is -0.476 e. The van der Waals surface area contributed by atoms with Crippen LogP contribution in [0.3, 0.4) is 0 Å². The van der Waals surface area contributed by atoms with E-state index in [0.29, 0.717) is 18.3 Å². The number of methoxy groups -OCH3 is 1. The second-order valence-corrected chi connectivity index (χ2v) is 14.4. The quantitative estimate of drug-likeness (QED) is 0.329. The Hall–Kier alpha value is -3.32. The maximum absolute atomic E-state index is 12.6. The van der Waals surface area contributed by atoms with E-state index in [9.17, 15) is 18.0 Å². The van der Waals surface area contributed by atoms with E-state index in [1.165, 1.54) is 11.8 Å². The number of benzene rings is 1. The molecule has 0 radical (unpaired) electrons. The highest BCUT2D eigenvalue weighted by molar-refractivity contribution is 8.32. The first kappa shape index (κ1) is 29.7. The number of carbonyl (C=O) groups is 1. The minimum absolute atomic E-state index is 0.0147. The largest absolute Gasteiger partial charge is 0.476 e. The normalized spacial score (nSPS) is 16.0. The number of aromatic nitrogens is 4. The Morgan fingerprint density at radius 1 is 1.12 bits per heavy atom. The number of carbonyl (C=O) groups excluding carboxylic acids is 1. The lowest BCUT2D eigenvalue weighted by Crippen LogP contribution is -2.32. The fraction of sp³-hybridized carbons (Fsp3) is 0.481. The topological polar surface area (TPSA) is 97.6 Å². The Morgan fingerprint density at radius 2 is 1.88 bits per heavy atom. The maximum Gasteiger partial charge on any atom is 0.392 e. The summed E-state index contributed by atoms with van der Waals surface area (Å²) in [5, 5.41) is 4.49. The van der Waals surface area contributed by atoms with E-state index in [1.54, 1.807) is 26.1 Å². The fourth-order valence-corrected chi connectivity index (χ4v) is 5.94. The summed E-state index contributed by atoms with van der Waals surface area (Å²) < 4.78 is 60.9. The van der Waals surface area contributed by atoms with Gasteiger partial charge in [-0.1, -0.05) is 6.07 Å². The van der Waals surface area contributed by atoms with E-state index in [4.69, 9.17) is 18.9 Å². The van der Waals surface area contributed by atoms with Gasteiger partial charge in [-0.15, -0.1) is 5.10 Å². The summed E-state index contributed by atoms with van der Waals surface area (Å²) in [4.78, 5) is 21.8. The summed E-state index contributed by atoms with van der Waals surface area (Å²) in [6.07, 6.45) is 0.636. The molecule has 0 saturated carbocycles. The number of nitrogens with zero attached hydrogens (tertiary/aromatic N) is 4. The molecule has 40 heavy (non-hydrogen) atoms. The van der Waals surface area contributed by atoms with Gasteiger partial charge in [0.2, 0.25) is 5.88 Å². The summed E-state index contributed by atoms with van der Waals surface area (Å²) in [6, 6.07) is 9.55. The van der Waals surface area contributed by atoms with Crippen molar-refractivity contribution in [1.82, 2.24) is 19.7 Å². The van der Waals surface area contributed by atoms with Crippen molar-refractivity contribution < 1.29 is 36.9 Å². The van der Waals surface area contributed by atoms with Crippen molar-refractivity contribution in [2.75, 3.05) is 45.2 Å². The molecular formula is C27H33F3N4O5S. The van der Waals surface area contributed by atoms with Gasteiger partial charge in [0.1, 0.15) is 19.9 Å². The van der Waals surface area contributed by atoms with Gasteiger partial charge < -0.3 is 18.9 Å². The first-order valence-corrected chi connectivity index (χ1v) is 15.2. The number of pyridine rings is 1. The zero-order valence-electron chi connectivity index (χ0n) is 23.1. The molecular weight excluding hydrogens is 549 g/mol. The van der Waals surface area contributed by atoms with Gasteiger partial charge in [0.25, 0.3) is 0 Å². The monoisotopic (exact) mass is 582 g/mol. The van der Waals surface area contributed by atoms with Crippen LogP contribution in [-0.2, 0) is 21.0 Å². The average molecular weight is 583 g/mol. The van der Waals surface area contributed by atoms with Crippen molar-refractivity contribution in [1.29, 1.82) is 0 Å². The molecule has 1 aliphatic rings. The highest BCUT2D eigenvalue weighted by atomic mass is 32.3. The highest BCUT2D eigenvalue weighted by Crippen LogP contribution is 2.53. The molecule has 0 N–H and O–H groups in total. The van der Waals surface area contributed by atoms with Crippen LogP contribution < -0.4 is 9.47 Å². The Balaban J connectivity index is 1.61. The predicted molar refractivity (Wildman–Crippen MR) is 145 cm³/mol. The Kier molecular flexibility index (Phi) is 8.64. The number of alkyl halides is 3. The minimum atomic E-state index is -4.33. The molecule has 2 aromatic heterocycles. The second kappa shape index (κ2) is 11.7. The van der Waals surface area contributed by atoms with Gasteiger partial charge in [0.15, 0.2) is 5.82 Å². The summed E-state index contributed by atoms with van der Waals surface area (Å²) in [5.74, 6) is 1.15. The molecule has 0 amide bonds. The fourth-order valence-electron chi connectivity index (χ4n) is 3.99. The molecule has 3 aromatic rings. The molecule has 0 atom stereocenters. The molecule has 0 aliphatic carbocycles. The van der Waals surface area contributed by atoms with Crippen LogP contribution in [-0.4, -0.2) is 77.1 Å². The van der Waals surface area contributed by atoms with Crippen LogP contribution in [0.1, 0.15) is 20.3 Å². The first-order chi connectivity index (χ1) is 18.8. The average Bonchev–Trinajstić information content (AvgIpc) is 3.30.